The average molecular weight is 359 g/mol. The Morgan fingerprint density at radius 3 is 2.54 bits per heavy atom. The summed E-state index contributed by atoms with van der Waals surface area (Å²) < 4.78 is 27.4. The Bertz CT molecular complexity index is 934. The molecule has 7 heteroatoms. The van der Waals surface area contributed by atoms with Crippen molar-refractivity contribution < 1.29 is 8.42 Å². The number of hydrogen-bond acceptors (Lipinski definition) is 5. The van der Waals surface area contributed by atoms with Crippen molar-refractivity contribution >= 4 is 21.4 Å². The van der Waals surface area contributed by atoms with Crippen LogP contribution in [0.25, 0.3) is 10.6 Å². The van der Waals surface area contributed by atoms with Crippen LogP contribution in [0.3, 0.4) is 0 Å². The van der Waals surface area contributed by atoms with Gasteiger partial charge < -0.3 is 0 Å². The molecule has 0 amide bonds. The number of nitrogens with zero attached hydrogens (tertiary/aromatic N) is 2. The molecule has 3 aromatic rings. The second-order valence-corrected chi connectivity index (χ2v) is 8.26. The number of thiazole rings is 1. The molecule has 124 valence electrons. The zero-order valence-electron chi connectivity index (χ0n) is 13.4. The minimum Gasteiger partial charge on any atom is -0.264 e. The van der Waals surface area contributed by atoms with Gasteiger partial charge in [0, 0.05) is 29.4 Å². The molecule has 0 saturated heterocycles. The normalized spacial score (nSPS) is 11.6. The summed E-state index contributed by atoms with van der Waals surface area (Å²) in [6.45, 7) is 4.02. The third-order valence-corrected chi connectivity index (χ3v) is 6.18. The molecule has 1 aromatic carbocycles. The summed E-state index contributed by atoms with van der Waals surface area (Å²) in [6, 6.07) is 10.6. The molecular formula is C17H17N3O2S2. The summed E-state index contributed by atoms with van der Waals surface area (Å²) in [5, 5.41) is 0.838. The van der Waals surface area contributed by atoms with E-state index in [1.54, 1.807) is 36.7 Å². The highest BCUT2D eigenvalue weighted by atomic mass is 32.2. The van der Waals surface area contributed by atoms with Gasteiger partial charge in [0.2, 0.25) is 10.0 Å². The lowest BCUT2D eigenvalue weighted by atomic mass is 10.2. The molecule has 0 aliphatic heterocycles. The topological polar surface area (TPSA) is 72.0 Å². The highest BCUT2D eigenvalue weighted by molar-refractivity contribution is 7.89. The lowest BCUT2D eigenvalue weighted by Crippen LogP contribution is -2.23. The van der Waals surface area contributed by atoms with Gasteiger partial charge in [0.15, 0.2) is 0 Å². The molecule has 0 unspecified atom stereocenters. The van der Waals surface area contributed by atoms with Crippen molar-refractivity contribution in [3.8, 4) is 10.6 Å². The molecule has 0 spiro atoms. The number of nitrogens with one attached hydrogen (secondary N) is 1. The maximum atomic E-state index is 12.4. The Hall–Kier alpha value is -2.09. The Morgan fingerprint density at radius 1 is 1.12 bits per heavy atom. The van der Waals surface area contributed by atoms with E-state index in [0.717, 1.165) is 26.7 Å². The number of rotatable bonds is 5. The van der Waals surface area contributed by atoms with Crippen LogP contribution in [0, 0.1) is 13.8 Å². The first kappa shape index (κ1) is 16.8. The molecule has 1 N–H and O–H groups in total. The minimum atomic E-state index is -3.53. The van der Waals surface area contributed by atoms with Crippen molar-refractivity contribution in [3.05, 3.63) is 64.9 Å². The van der Waals surface area contributed by atoms with Crippen molar-refractivity contribution in [2.45, 2.75) is 25.3 Å². The van der Waals surface area contributed by atoms with Gasteiger partial charge in [-0.2, -0.15) is 0 Å². The number of aromatic nitrogens is 2. The van der Waals surface area contributed by atoms with E-state index < -0.39 is 10.0 Å². The first-order chi connectivity index (χ1) is 11.5. The van der Waals surface area contributed by atoms with Gasteiger partial charge in [-0.25, -0.2) is 18.1 Å². The van der Waals surface area contributed by atoms with E-state index >= 15 is 0 Å². The largest absolute Gasteiger partial charge is 0.264 e. The zero-order chi connectivity index (χ0) is 17.2. The molecule has 0 fully saturated rings. The molecule has 2 heterocycles. The van der Waals surface area contributed by atoms with E-state index in [4.69, 9.17) is 0 Å². The third kappa shape index (κ3) is 3.69. The Labute approximate surface area is 145 Å². The smallest absolute Gasteiger partial charge is 0.240 e. The van der Waals surface area contributed by atoms with Gasteiger partial charge in [-0.1, -0.05) is 17.7 Å². The summed E-state index contributed by atoms with van der Waals surface area (Å²) in [5.41, 5.74) is 2.78. The molecule has 0 saturated carbocycles. The Morgan fingerprint density at radius 2 is 1.88 bits per heavy atom. The van der Waals surface area contributed by atoms with Crippen LogP contribution in [0.4, 0.5) is 0 Å². The van der Waals surface area contributed by atoms with Gasteiger partial charge in [0.05, 0.1) is 10.6 Å². The molecule has 0 aliphatic rings. The van der Waals surface area contributed by atoms with Crippen molar-refractivity contribution in [1.82, 2.24) is 14.7 Å². The summed E-state index contributed by atoms with van der Waals surface area (Å²) in [6.07, 6.45) is 3.46. The van der Waals surface area contributed by atoms with Crippen LogP contribution in [-0.4, -0.2) is 18.4 Å². The molecule has 2 aromatic heterocycles. The molecule has 0 radical (unpaired) electrons. The minimum absolute atomic E-state index is 0.222. The van der Waals surface area contributed by atoms with Crippen molar-refractivity contribution in [1.29, 1.82) is 0 Å². The zero-order valence-corrected chi connectivity index (χ0v) is 15.0. The van der Waals surface area contributed by atoms with Crippen LogP contribution in [-0.2, 0) is 16.6 Å². The van der Waals surface area contributed by atoms with Crippen LogP contribution in [0.15, 0.2) is 53.7 Å². The van der Waals surface area contributed by atoms with E-state index in [-0.39, 0.29) is 11.4 Å². The second-order valence-electron chi connectivity index (χ2n) is 5.41. The Balaban J connectivity index is 1.77. The maximum Gasteiger partial charge on any atom is 0.240 e. The highest BCUT2D eigenvalue weighted by Gasteiger charge is 2.16. The van der Waals surface area contributed by atoms with E-state index in [1.807, 2.05) is 26.0 Å². The standard InChI is InChI=1S/C17H17N3O2S2/c1-12-5-7-15(8-6-12)24(21,22)19-11-16-13(2)20-17(23-16)14-4-3-9-18-10-14/h3-10,19H,11H2,1-2H3. The van der Waals surface area contributed by atoms with Gasteiger partial charge in [-0.05, 0) is 38.1 Å². The predicted molar refractivity (Wildman–Crippen MR) is 95.3 cm³/mol. The van der Waals surface area contributed by atoms with E-state index in [0.29, 0.717) is 0 Å². The fourth-order valence-electron chi connectivity index (χ4n) is 2.17. The summed E-state index contributed by atoms with van der Waals surface area (Å²) >= 11 is 1.47. The molecular weight excluding hydrogens is 342 g/mol. The number of sulfonamides is 1. The van der Waals surface area contributed by atoms with Gasteiger partial charge in [0.25, 0.3) is 0 Å². The molecule has 5 nitrogen and oxygen atoms in total. The average Bonchev–Trinajstić information content (AvgIpc) is 2.95. The Kier molecular flexibility index (Phi) is 4.75. The molecule has 3 rings (SSSR count). The van der Waals surface area contributed by atoms with Crippen LogP contribution < -0.4 is 4.72 Å². The SMILES string of the molecule is Cc1ccc(S(=O)(=O)NCc2sc(-c3cccnc3)nc2C)cc1. The molecule has 0 aliphatic carbocycles. The van der Waals surface area contributed by atoms with E-state index in [1.165, 1.54) is 11.3 Å². The first-order valence-electron chi connectivity index (χ1n) is 7.39. The summed E-state index contributed by atoms with van der Waals surface area (Å²) in [5.74, 6) is 0. The van der Waals surface area contributed by atoms with Crippen LogP contribution in [0.2, 0.25) is 0 Å². The molecule has 0 atom stereocenters. The number of benzene rings is 1. The third-order valence-electron chi connectivity index (χ3n) is 3.56. The fraction of sp³-hybridized carbons (Fsp3) is 0.176. The van der Waals surface area contributed by atoms with Crippen molar-refractivity contribution in [2.75, 3.05) is 0 Å². The van der Waals surface area contributed by atoms with Crippen molar-refractivity contribution in [2.24, 2.45) is 0 Å². The van der Waals surface area contributed by atoms with E-state index in [2.05, 4.69) is 14.7 Å². The van der Waals surface area contributed by atoms with Gasteiger partial charge >= 0.3 is 0 Å². The van der Waals surface area contributed by atoms with Crippen LogP contribution in [0.1, 0.15) is 16.1 Å². The maximum absolute atomic E-state index is 12.4. The van der Waals surface area contributed by atoms with Gasteiger partial charge in [-0.15, -0.1) is 11.3 Å². The van der Waals surface area contributed by atoms with Crippen LogP contribution >= 0.6 is 11.3 Å². The van der Waals surface area contributed by atoms with Crippen molar-refractivity contribution in [3.63, 3.8) is 0 Å². The molecule has 0 bridgehead atoms. The number of pyridine rings is 1. The lowest BCUT2D eigenvalue weighted by molar-refractivity contribution is 0.581. The van der Waals surface area contributed by atoms with Gasteiger partial charge in [0.1, 0.15) is 5.01 Å². The summed E-state index contributed by atoms with van der Waals surface area (Å²) in [7, 11) is -3.53. The quantitative estimate of drug-likeness (QED) is 0.759. The van der Waals surface area contributed by atoms with Crippen LogP contribution in [0.5, 0.6) is 0 Å². The lowest BCUT2D eigenvalue weighted by Gasteiger charge is -2.06. The van der Waals surface area contributed by atoms with Gasteiger partial charge in [-0.3, -0.25) is 4.98 Å². The predicted octanol–water partition coefficient (Wildman–Crippen LogP) is 3.30. The molecule has 24 heavy (non-hydrogen) atoms. The second kappa shape index (κ2) is 6.80. The fourth-order valence-corrected chi connectivity index (χ4v) is 4.25. The number of hydrogen-bond donors (Lipinski definition) is 1. The highest BCUT2D eigenvalue weighted by Crippen LogP contribution is 2.27. The summed E-state index contributed by atoms with van der Waals surface area (Å²) in [4.78, 5) is 9.76. The first-order valence-corrected chi connectivity index (χ1v) is 9.69. The number of aryl methyl sites for hydroxylation is 2. The van der Waals surface area contributed by atoms with E-state index in [9.17, 15) is 8.42 Å². The monoisotopic (exact) mass is 359 g/mol.